The molecule has 0 spiro atoms. The highest BCUT2D eigenvalue weighted by Crippen LogP contribution is 2.21. The Morgan fingerprint density at radius 2 is 2.08 bits per heavy atom. The van der Waals surface area contributed by atoms with E-state index in [1.165, 1.54) is 31.6 Å². The summed E-state index contributed by atoms with van der Waals surface area (Å²) in [6.45, 7) is 6.15. The summed E-state index contributed by atoms with van der Waals surface area (Å²) < 4.78 is 15.5. The van der Waals surface area contributed by atoms with E-state index in [9.17, 15) is 4.79 Å². The summed E-state index contributed by atoms with van der Waals surface area (Å²) in [7, 11) is 4.43. The third-order valence-corrected chi connectivity index (χ3v) is 4.37. The van der Waals surface area contributed by atoms with Crippen LogP contribution in [0.1, 0.15) is 31.5 Å². The van der Waals surface area contributed by atoms with E-state index >= 15 is 0 Å². The normalized spacial score (nSPS) is 15.0. The number of rotatable bonds is 10. The van der Waals surface area contributed by atoms with Gasteiger partial charge in [0.1, 0.15) is 23.1 Å². The number of nitrogens with zero attached hydrogens (tertiary/aromatic N) is 2. The first-order valence-electron chi connectivity index (χ1n) is 8.13. The molecule has 0 unspecified atom stereocenters. The Balaban J connectivity index is 2.88. The lowest BCUT2D eigenvalue weighted by atomic mass is 10.0. The van der Waals surface area contributed by atoms with E-state index in [1.807, 2.05) is 38.3 Å². The molecule has 0 aliphatic carbocycles. The SMILES string of the molecule is CCO/N=C(/C)c1csc(/C=C/[C@H](OC)[C@@H](C)/C(=C\C(=O)OC)OC)n1. The molecule has 0 saturated carbocycles. The smallest absolute Gasteiger partial charge is 0.333 e. The number of carbonyl (C=O) groups excluding carboxylic acids is 1. The second-order valence-electron chi connectivity index (χ2n) is 5.29. The average molecular weight is 382 g/mol. The Labute approximate surface area is 158 Å². The molecule has 1 rings (SSSR count). The highest BCUT2D eigenvalue weighted by Gasteiger charge is 2.20. The van der Waals surface area contributed by atoms with Crippen LogP contribution in [0.5, 0.6) is 0 Å². The van der Waals surface area contributed by atoms with Crippen molar-refractivity contribution >= 4 is 29.1 Å². The van der Waals surface area contributed by atoms with E-state index in [4.69, 9.17) is 14.3 Å². The fourth-order valence-corrected chi connectivity index (χ4v) is 2.84. The maximum Gasteiger partial charge on any atom is 0.333 e. The van der Waals surface area contributed by atoms with Crippen molar-refractivity contribution in [3.05, 3.63) is 34.0 Å². The Morgan fingerprint density at radius 3 is 2.65 bits per heavy atom. The molecule has 0 bridgehead atoms. The molecule has 144 valence electrons. The second-order valence-corrected chi connectivity index (χ2v) is 6.18. The van der Waals surface area contributed by atoms with Crippen LogP contribution in [0.25, 0.3) is 6.08 Å². The van der Waals surface area contributed by atoms with Crippen molar-refractivity contribution in [1.29, 1.82) is 0 Å². The predicted molar refractivity (Wildman–Crippen MR) is 102 cm³/mol. The number of esters is 1. The van der Waals surface area contributed by atoms with E-state index in [0.717, 1.165) is 16.4 Å². The molecule has 1 heterocycles. The van der Waals surface area contributed by atoms with Gasteiger partial charge < -0.3 is 19.0 Å². The van der Waals surface area contributed by atoms with Gasteiger partial charge >= 0.3 is 5.97 Å². The first kappa shape index (κ1) is 21.9. The van der Waals surface area contributed by atoms with Crippen LogP contribution in [-0.2, 0) is 23.8 Å². The summed E-state index contributed by atoms with van der Waals surface area (Å²) in [5, 5.41) is 6.71. The number of oxime groups is 1. The summed E-state index contributed by atoms with van der Waals surface area (Å²) >= 11 is 1.49. The zero-order valence-electron chi connectivity index (χ0n) is 16.0. The van der Waals surface area contributed by atoms with Gasteiger partial charge in [0.15, 0.2) is 0 Å². The molecule has 0 aromatic carbocycles. The van der Waals surface area contributed by atoms with Gasteiger partial charge in [-0.1, -0.05) is 18.2 Å². The number of ether oxygens (including phenoxy) is 3. The molecule has 0 amide bonds. The van der Waals surface area contributed by atoms with Crippen molar-refractivity contribution in [2.24, 2.45) is 11.1 Å². The molecule has 0 saturated heterocycles. The van der Waals surface area contributed by atoms with E-state index < -0.39 is 5.97 Å². The monoisotopic (exact) mass is 382 g/mol. The lowest BCUT2D eigenvalue weighted by Gasteiger charge is -2.21. The zero-order chi connectivity index (χ0) is 19.5. The summed E-state index contributed by atoms with van der Waals surface area (Å²) in [5.41, 5.74) is 1.50. The molecule has 0 N–H and O–H groups in total. The molecule has 7 nitrogen and oxygen atoms in total. The number of methoxy groups -OCH3 is 3. The van der Waals surface area contributed by atoms with E-state index in [-0.39, 0.29) is 12.0 Å². The molecule has 1 aromatic rings. The number of thiazole rings is 1. The van der Waals surface area contributed by atoms with Crippen LogP contribution in [0.3, 0.4) is 0 Å². The van der Waals surface area contributed by atoms with E-state index in [2.05, 4.69) is 14.9 Å². The van der Waals surface area contributed by atoms with Crippen molar-refractivity contribution in [2.45, 2.75) is 26.9 Å². The first-order chi connectivity index (χ1) is 12.5. The van der Waals surface area contributed by atoms with Crippen molar-refractivity contribution in [3.63, 3.8) is 0 Å². The Morgan fingerprint density at radius 1 is 1.35 bits per heavy atom. The van der Waals surface area contributed by atoms with Crippen LogP contribution in [0.2, 0.25) is 0 Å². The molecule has 2 atom stereocenters. The largest absolute Gasteiger partial charge is 0.500 e. The summed E-state index contributed by atoms with van der Waals surface area (Å²) in [6.07, 6.45) is 4.78. The molecule has 0 aliphatic rings. The lowest BCUT2D eigenvalue weighted by Crippen LogP contribution is -2.21. The molecule has 1 aromatic heterocycles. The van der Waals surface area contributed by atoms with Gasteiger partial charge in [0.25, 0.3) is 0 Å². The quantitative estimate of drug-likeness (QED) is 0.203. The van der Waals surface area contributed by atoms with Gasteiger partial charge in [0.2, 0.25) is 0 Å². The maximum atomic E-state index is 11.5. The first-order valence-corrected chi connectivity index (χ1v) is 9.01. The second kappa shape index (κ2) is 11.4. The number of carbonyl (C=O) groups is 1. The number of aromatic nitrogens is 1. The van der Waals surface area contributed by atoms with Crippen LogP contribution < -0.4 is 0 Å². The maximum absolute atomic E-state index is 11.5. The van der Waals surface area contributed by atoms with Crippen molar-refractivity contribution in [2.75, 3.05) is 27.9 Å². The topological polar surface area (TPSA) is 79.2 Å². The van der Waals surface area contributed by atoms with Gasteiger partial charge in [0.05, 0.1) is 32.1 Å². The van der Waals surface area contributed by atoms with Gasteiger partial charge in [-0.2, -0.15) is 0 Å². The highest BCUT2D eigenvalue weighted by atomic mass is 32.1. The van der Waals surface area contributed by atoms with Crippen molar-refractivity contribution in [1.82, 2.24) is 4.98 Å². The third kappa shape index (κ3) is 6.61. The minimum Gasteiger partial charge on any atom is -0.500 e. The molecule has 0 fully saturated rings. The minimum atomic E-state index is -0.471. The molecule has 0 aliphatic heterocycles. The Hall–Kier alpha value is -2.19. The van der Waals surface area contributed by atoms with Crippen LogP contribution in [0, 0.1) is 5.92 Å². The highest BCUT2D eigenvalue weighted by molar-refractivity contribution is 7.10. The van der Waals surface area contributed by atoms with Gasteiger partial charge in [-0.3, -0.25) is 0 Å². The molecular formula is C18H26N2O5S. The van der Waals surface area contributed by atoms with E-state index in [1.54, 1.807) is 7.11 Å². The van der Waals surface area contributed by atoms with Crippen LogP contribution in [-0.4, -0.2) is 50.7 Å². The molecular weight excluding hydrogens is 356 g/mol. The van der Waals surface area contributed by atoms with Crippen LogP contribution in [0.15, 0.2) is 28.4 Å². The zero-order valence-corrected chi connectivity index (χ0v) is 16.8. The molecule has 26 heavy (non-hydrogen) atoms. The third-order valence-electron chi connectivity index (χ3n) is 3.56. The minimum absolute atomic E-state index is 0.180. The number of hydrogen-bond donors (Lipinski definition) is 0. The standard InChI is InChI=1S/C18H26N2O5S/c1-7-25-20-13(3)14-11-26-17(19-14)9-8-15(22-4)12(2)16(23-5)10-18(21)24-6/h8-12,15H,7H2,1-6H3/b9-8+,16-10+,20-13-/t12-,15+/m1/s1. The Bertz CT molecular complexity index is 666. The average Bonchev–Trinajstić information content (AvgIpc) is 3.13. The lowest BCUT2D eigenvalue weighted by molar-refractivity contribution is -0.135. The van der Waals surface area contributed by atoms with Gasteiger partial charge in [-0.05, 0) is 19.9 Å². The van der Waals surface area contributed by atoms with E-state index in [0.29, 0.717) is 12.4 Å². The predicted octanol–water partition coefficient (Wildman–Crippen LogP) is 3.27. The molecule has 0 radical (unpaired) electrons. The number of hydrogen-bond acceptors (Lipinski definition) is 8. The molecule has 8 heteroatoms. The van der Waals surface area contributed by atoms with Crippen LogP contribution >= 0.6 is 11.3 Å². The fraction of sp³-hybridized carbons (Fsp3) is 0.500. The summed E-state index contributed by atoms with van der Waals surface area (Å²) in [6, 6.07) is 0. The van der Waals surface area contributed by atoms with Crippen molar-refractivity contribution < 1.29 is 23.8 Å². The van der Waals surface area contributed by atoms with Gasteiger partial charge in [0, 0.05) is 18.4 Å². The van der Waals surface area contributed by atoms with Gasteiger partial charge in [-0.15, -0.1) is 11.3 Å². The van der Waals surface area contributed by atoms with Gasteiger partial charge in [-0.25, -0.2) is 9.78 Å². The fourth-order valence-electron chi connectivity index (χ4n) is 2.08. The Kier molecular flexibility index (Phi) is 9.61. The van der Waals surface area contributed by atoms with Crippen LogP contribution in [0.4, 0.5) is 0 Å². The van der Waals surface area contributed by atoms with Crippen molar-refractivity contribution in [3.8, 4) is 0 Å². The summed E-state index contributed by atoms with van der Waals surface area (Å²) in [4.78, 5) is 21.0. The summed E-state index contributed by atoms with van der Waals surface area (Å²) in [5.74, 6) is -0.171.